The van der Waals surface area contributed by atoms with Crippen molar-refractivity contribution in [2.75, 3.05) is 0 Å². The lowest BCUT2D eigenvalue weighted by molar-refractivity contribution is -0.457. The van der Waals surface area contributed by atoms with Crippen molar-refractivity contribution in [3.8, 4) is 0 Å². The van der Waals surface area contributed by atoms with Gasteiger partial charge in [0.05, 0.1) is 11.1 Å². The van der Waals surface area contributed by atoms with Gasteiger partial charge in [-0.1, -0.05) is 58.5 Å². The Morgan fingerprint density at radius 2 is 1.56 bits per heavy atom. The first-order valence-corrected chi connectivity index (χ1v) is 8.11. The largest absolute Gasteiger partial charge is 0.543 e. The van der Waals surface area contributed by atoms with Crippen molar-refractivity contribution in [3.63, 3.8) is 0 Å². The molecule has 1 aromatic rings. The fourth-order valence-corrected chi connectivity index (χ4v) is 2.05. The second kappa shape index (κ2) is 8.67. The third-order valence-electron chi connectivity index (χ3n) is 3.84. The van der Waals surface area contributed by atoms with Gasteiger partial charge in [-0.05, 0) is 30.9 Å². The highest BCUT2D eigenvalue weighted by Gasteiger charge is 2.31. The summed E-state index contributed by atoms with van der Waals surface area (Å²) in [6, 6.07) is 7.93. The second-order valence-electron chi connectivity index (χ2n) is 6.82. The van der Waals surface area contributed by atoms with E-state index in [0.29, 0.717) is 5.92 Å². The van der Waals surface area contributed by atoms with Crippen LogP contribution in [0, 0.1) is 0 Å². The van der Waals surface area contributed by atoms with Gasteiger partial charge in [-0.2, -0.15) is 0 Å². The molecule has 0 saturated heterocycles. The number of rotatable bonds is 7. The summed E-state index contributed by atoms with van der Waals surface area (Å²) in [6.45, 7) is 15.0. The summed E-state index contributed by atoms with van der Waals surface area (Å²) < 4.78 is 4.66. The van der Waals surface area contributed by atoms with Crippen LogP contribution in [-0.4, -0.2) is 18.2 Å². The molecule has 25 heavy (non-hydrogen) atoms. The van der Waals surface area contributed by atoms with Crippen molar-refractivity contribution in [3.05, 3.63) is 47.5 Å². The summed E-state index contributed by atoms with van der Waals surface area (Å²) in [5.41, 5.74) is 1.58. The highest BCUT2D eigenvalue weighted by molar-refractivity contribution is 5.90. The molecule has 0 aromatic heterocycles. The number of carbonyl (C=O) groups is 2. The molecule has 0 amide bonds. The van der Waals surface area contributed by atoms with E-state index in [1.54, 1.807) is 13.8 Å². The molecule has 0 atom stereocenters. The van der Waals surface area contributed by atoms with Gasteiger partial charge < -0.3 is 4.74 Å². The summed E-state index contributed by atoms with van der Waals surface area (Å²) in [4.78, 5) is 31.8. The van der Waals surface area contributed by atoms with Crippen molar-refractivity contribution in [2.45, 2.75) is 59.0 Å². The zero-order valence-electron chi connectivity index (χ0n) is 15.6. The van der Waals surface area contributed by atoms with Gasteiger partial charge in [-0.15, -0.1) is 0 Å². The van der Waals surface area contributed by atoms with E-state index in [1.807, 2.05) is 38.1 Å². The molecule has 0 N–H and O–H groups in total. The van der Waals surface area contributed by atoms with Crippen LogP contribution in [0.4, 0.5) is 4.79 Å². The fourth-order valence-electron chi connectivity index (χ4n) is 2.05. The molecule has 0 spiro atoms. The quantitative estimate of drug-likeness (QED) is 0.310. The van der Waals surface area contributed by atoms with Gasteiger partial charge in [-0.25, -0.2) is 14.5 Å². The van der Waals surface area contributed by atoms with Crippen molar-refractivity contribution in [1.82, 2.24) is 0 Å². The number of carbonyl (C=O) groups excluding carboxylic acids is 2. The molecule has 138 valence electrons. The third kappa shape index (κ3) is 5.90. The molecule has 0 aliphatic rings. The molecular weight excluding hydrogens is 324 g/mol. The van der Waals surface area contributed by atoms with Crippen LogP contribution >= 0.6 is 0 Å². The Hall–Kier alpha value is -2.34. The van der Waals surface area contributed by atoms with Crippen LogP contribution in [0.3, 0.4) is 0 Å². The van der Waals surface area contributed by atoms with Crippen molar-refractivity contribution >= 4 is 12.1 Å². The van der Waals surface area contributed by atoms with E-state index in [2.05, 4.69) is 40.0 Å². The van der Waals surface area contributed by atoms with E-state index >= 15 is 0 Å². The SMILES string of the molecule is C=C(C(=O)OOOC(=O)OC(C)C)C(C)(C)c1ccc(C(C)C)cc1. The van der Waals surface area contributed by atoms with E-state index in [0.717, 1.165) is 5.56 Å². The van der Waals surface area contributed by atoms with Crippen molar-refractivity contribution in [1.29, 1.82) is 0 Å². The van der Waals surface area contributed by atoms with Gasteiger partial charge in [0, 0.05) is 11.0 Å². The van der Waals surface area contributed by atoms with Gasteiger partial charge in [0.1, 0.15) is 0 Å². The molecule has 0 radical (unpaired) electrons. The average molecular weight is 350 g/mol. The number of hydrogen-bond acceptors (Lipinski definition) is 6. The molecular formula is C19H26O6. The summed E-state index contributed by atoms with van der Waals surface area (Å²) >= 11 is 0. The highest BCUT2D eigenvalue weighted by atomic mass is 17.5. The zero-order chi connectivity index (χ0) is 19.2. The van der Waals surface area contributed by atoms with Gasteiger partial charge in [0.2, 0.25) is 0 Å². The van der Waals surface area contributed by atoms with Gasteiger partial charge in [-0.3, -0.25) is 4.89 Å². The van der Waals surface area contributed by atoms with E-state index in [1.165, 1.54) is 5.56 Å². The lowest BCUT2D eigenvalue weighted by Gasteiger charge is -2.26. The minimum absolute atomic E-state index is 0.158. The summed E-state index contributed by atoms with van der Waals surface area (Å²) in [5.74, 6) is -0.420. The molecule has 0 aliphatic carbocycles. The first kappa shape index (κ1) is 20.7. The second-order valence-corrected chi connectivity index (χ2v) is 6.82. The van der Waals surface area contributed by atoms with Gasteiger partial charge in [0.25, 0.3) is 0 Å². The highest BCUT2D eigenvalue weighted by Crippen LogP contribution is 2.32. The minimum Gasteiger partial charge on any atom is -0.430 e. The Morgan fingerprint density at radius 3 is 2.04 bits per heavy atom. The maximum atomic E-state index is 12.1. The first-order chi connectivity index (χ1) is 11.6. The molecule has 6 nitrogen and oxygen atoms in total. The normalized spacial score (nSPS) is 11.4. The van der Waals surface area contributed by atoms with Crippen LogP contribution in [0.1, 0.15) is 58.6 Å². The molecule has 0 unspecified atom stereocenters. The van der Waals surface area contributed by atoms with Crippen LogP contribution in [-0.2, 0) is 29.8 Å². The first-order valence-electron chi connectivity index (χ1n) is 8.11. The minimum atomic E-state index is -1.10. The van der Waals surface area contributed by atoms with E-state index in [-0.39, 0.29) is 11.7 Å². The van der Waals surface area contributed by atoms with Gasteiger partial charge >= 0.3 is 12.1 Å². The molecule has 0 heterocycles. The topological polar surface area (TPSA) is 71.1 Å². The molecule has 0 aliphatic heterocycles. The van der Waals surface area contributed by atoms with Crippen molar-refractivity contribution < 1.29 is 29.1 Å². The summed E-state index contributed by atoms with van der Waals surface area (Å²) in [6.07, 6.45) is -1.48. The summed E-state index contributed by atoms with van der Waals surface area (Å²) in [5, 5.41) is 4.18. The number of hydrogen-bond donors (Lipinski definition) is 0. The van der Waals surface area contributed by atoms with Crippen LogP contribution in [0.25, 0.3) is 0 Å². The zero-order valence-corrected chi connectivity index (χ0v) is 15.6. The standard InChI is InChI=1S/C19H26O6/c1-12(2)15-8-10-16(11-9-15)19(6,7)14(5)17(20)23-25-24-18(21)22-13(3)4/h8-13H,5H2,1-4,6-7H3. The Bertz CT molecular complexity index is 613. The Labute approximate surface area is 148 Å². The van der Waals surface area contributed by atoms with E-state index in [9.17, 15) is 9.59 Å². The van der Waals surface area contributed by atoms with Crippen LogP contribution in [0.5, 0.6) is 0 Å². The van der Waals surface area contributed by atoms with E-state index < -0.39 is 17.5 Å². The monoisotopic (exact) mass is 350 g/mol. The predicted octanol–water partition coefficient (Wildman–Crippen LogP) is 4.60. The molecule has 1 rings (SSSR count). The molecule has 6 heteroatoms. The molecule has 0 fully saturated rings. The molecule has 1 aromatic carbocycles. The average Bonchev–Trinajstić information content (AvgIpc) is 2.53. The van der Waals surface area contributed by atoms with Crippen LogP contribution in [0.15, 0.2) is 36.4 Å². The van der Waals surface area contributed by atoms with Crippen LogP contribution < -0.4 is 0 Å². The predicted molar refractivity (Wildman–Crippen MR) is 92.6 cm³/mol. The lowest BCUT2D eigenvalue weighted by atomic mass is 9.78. The lowest BCUT2D eigenvalue weighted by Crippen LogP contribution is -2.27. The van der Waals surface area contributed by atoms with Gasteiger partial charge in [0.15, 0.2) is 0 Å². The third-order valence-corrected chi connectivity index (χ3v) is 3.84. The Balaban J connectivity index is 2.66. The molecule has 0 saturated carbocycles. The van der Waals surface area contributed by atoms with Crippen LogP contribution in [0.2, 0.25) is 0 Å². The molecule has 0 bridgehead atoms. The maximum Gasteiger partial charge on any atom is 0.543 e. The number of ether oxygens (including phenoxy) is 1. The number of benzene rings is 1. The smallest absolute Gasteiger partial charge is 0.430 e. The summed E-state index contributed by atoms with van der Waals surface area (Å²) in [7, 11) is 0. The fraction of sp³-hybridized carbons (Fsp3) is 0.474. The Kier molecular flexibility index (Phi) is 7.18. The Morgan fingerprint density at radius 1 is 1.00 bits per heavy atom. The van der Waals surface area contributed by atoms with Crippen molar-refractivity contribution in [2.24, 2.45) is 0 Å². The van der Waals surface area contributed by atoms with E-state index in [4.69, 9.17) is 0 Å². The maximum absolute atomic E-state index is 12.1.